The van der Waals surface area contributed by atoms with E-state index in [1.165, 1.54) is 36.4 Å². The first-order valence-corrected chi connectivity index (χ1v) is 7.12. The van der Waals surface area contributed by atoms with E-state index in [-0.39, 0.29) is 21.8 Å². The van der Waals surface area contributed by atoms with Gasteiger partial charge in [-0.2, -0.15) is 0 Å². The van der Waals surface area contributed by atoms with Crippen LogP contribution in [0.25, 0.3) is 0 Å². The summed E-state index contributed by atoms with van der Waals surface area (Å²) in [6.07, 6.45) is 0. The average molecular weight is 376 g/mol. The SMILES string of the molecule is O=C(Nc1ccccc1C(=O)O)c1ccc(Cl)c(OC(F)(F)Cl)c1. The van der Waals surface area contributed by atoms with Gasteiger partial charge in [0.25, 0.3) is 5.91 Å². The molecule has 2 aromatic rings. The summed E-state index contributed by atoms with van der Waals surface area (Å²) in [4.78, 5) is 23.3. The second kappa shape index (κ2) is 7.02. The Hall–Kier alpha value is -2.38. The average Bonchev–Trinajstić information content (AvgIpc) is 2.48. The number of carboxylic acids is 1. The minimum atomic E-state index is -3.99. The van der Waals surface area contributed by atoms with Crippen molar-refractivity contribution >= 4 is 40.8 Å². The van der Waals surface area contributed by atoms with E-state index in [9.17, 15) is 18.4 Å². The Labute approximate surface area is 144 Å². The zero-order valence-electron chi connectivity index (χ0n) is 11.7. The van der Waals surface area contributed by atoms with Crippen molar-refractivity contribution in [3.05, 3.63) is 58.6 Å². The molecule has 0 aliphatic rings. The standard InChI is InChI=1S/C15H9Cl2F2NO4/c16-10-6-5-8(7-12(10)24-15(17,18)19)13(21)20-11-4-2-1-3-9(11)14(22)23/h1-7H,(H,20,21)(H,22,23). The van der Waals surface area contributed by atoms with Crippen molar-refractivity contribution in [1.29, 1.82) is 0 Å². The predicted molar refractivity (Wildman–Crippen MR) is 84.2 cm³/mol. The monoisotopic (exact) mass is 375 g/mol. The number of carbonyl (C=O) groups excluding carboxylic acids is 1. The van der Waals surface area contributed by atoms with Crippen LogP contribution in [0.5, 0.6) is 5.75 Å². The number of ether oxygens (including phenoxy) is 1. The first-order chi connectivity index (χ1) is 11.2. The van der Waals surface area contributed by atoms with E-state index in [4.69, 9.17) is 16.7 Å². The van der Waals surface area contributed by atoms with Crippen LogP contribution in [-0.2, 0) is 0 Å². The van der Waals surface area contributed by atoms with Crippen molar-refractivity contribution in [1.82, 2.24) is 0 Å². The van der Waals surface area contributed by atoms with Crippen LogP contribution >= 0.6 is 23.2 Å². The first-order valence-electron chi connectivity index (χ1n) is 6.36. The molecule has 1 amide bonds. The number of halogens is 4. The summed E-state index contributed by atoms with van der Waals surface area (Å²) in [6, 6.07) is 9.14. The molecular weight excluding hydrogens is 367 g/mol. The fourth-order valence-corrected chi connectivity index (χ4v) is 2.06. The van der Waals surface area contributed by atoms with Crippen molar-refractivity contribution in [2.24, 2.45) is 0 Å². The Kier molecular flexibility index (Phi) is 5.26. The fraction of sp³-hybridized carbons (Fsp3) is 0.0667. The summed E-state index contributed by atoms with van der Waals surface area (Å²) in [5.41, 5.74) is -4.14. The number of rotatable bonds is 5. The molecular formula is C15H9Cl2F2NO4. The maximum Gasteiger partial charge on any atom is 0.487 e. The minimum Gasteiger partial charge on any atom is -0.478 e. The summed E-state index contributed by atoms with van der Waals surface area (Å²) in [6.45, 7) is 0. The van der Waals surface area contributed by atoms with Gasteiger partial charge < -0.3 is 15.2 Å². The van der Waals surface area contributed by atoms with Crippen molar-refractivity contribution in [3.63, 3.8) is 0 Å². The molecule has 0 heterocycles. The number of benzene rings is 2. The minimum absolute atomic E-state index is 0.0510. The normalized spacial score (nSPS) is 11.0. The molecule has 0 bridgehead atoms. The van der Waals surface area contributed by atoms with Crippen LogP contribution < -0.4 is 10.1 Å². The van der Waals surface area contributed by atoms with Crippen LogP contribution in [-0.4, -0.2) is 22.6 Å². The highest BCUT2D eigenvalue weighted by atomic mass is 35.5. The van der Waals surface area contributed by atoms with E-state index in [2.05, 4.69) is 21.7 Å². The highest BCUT2D eigenvalue weighted by Gasteiger charge is 2.29. The van der Waals surface area contributed by atoms with Gasteiger partial charge >= 0.3 is 11.5 Å². The Morgan fingerprint density at radius 3 is 2.46 bits per heavy atom. The summed E-state index contributed by atoms with van der Waals surface area (Å²) >= 11 is 10.4. The number of alkyl halides is 3. The predicted octanol–water partition coefficient (Wildman–Crippen LogP) is 4.46. The molecule has 0 atom stereocenters. The lowest BCUT2D eigenvalue weighted by Crippen LogP contribution is -2.18. The highest BCUT2D eigenvalue weighted by Crippen LogP contribution is 2.32. The Morgan fingerprint density at radius 2 is 1.83 bits per heavy atom. The Morgan fingerprint density at radius 1 is 1.17 bits per heavy atom. The third-order valence-corrected chi connectivity index (χ3v) is 3.21. The second-order valence-electron chi connectivity index (χ2n) is 4.50. The molecule has 5 nitrogen and oxygen atoms in total. The molecule has 0 unspecified atom stereocenters. The Balaban J connectivity index is 2.28. The van der Waals surface area contributed by atoms with Crippen molar-refractivity contribution < 1.29 is 28.2 Å². The zero-order valence-corrected chi connectivity index (χ0v) is 13.2. The van der Waals surface area contributed by atoms with Gasteiger partial charge in [-0.15, -0.1) is 8.78 Å². The van der Waals surface area contributed by atoms with E-state index in [0.717, 1.165) is 6.07 Å². The molecule has 126 valence electrons. The number of carboxylic acid groups (broad SMARTS) is 1. The quantitative estimate of drug-likeness (QED) is 0.756. The van der Waals surface area contributed by atoms with Gasteiger partial charge in [0.2, 0.25) is 0 Å². The lowest BCUT2D eigenvalue weighted by Gasteiger charge is -2.13. The Bertz CT molecular complexity index is 793. The third-order valence-electron chi connectivity index (χ3n) is 2.82. The summed E-state index contributed by atoms with van der Waals surface area (Å²) in [7, 11) is 0. The summed E-state index contributed by atoms with van der Waals surface area (Å²) in [5, 5.41) is 11.3. The zero-order chi connectivity index (χ0) is 17.9. The van der Waals surface area contributed by atoms with Crippen LogP contribution in [0.1, 0.15) is 20.7 Å². The molecule has 0 radical (unpaired) electrons. The van der Waals surface area contributed by atoms with Crippen molar-refractivity contribution in [3.8, 4) is 5.75 Å². The number of carbonyl (C=O) groups is 2. The number of hydrogen-bond acceptors (Lipinski definition) is 3. The van der Waals surface area contributed by atoms with Gasteiger partial charge in [0.15, 0.2) is 0 Å². The first kappa shape index (κ1) is 18.0. The van der Waals surface area contributed by atoms with Gasteiger partial charge in [-0.3, -0.25) is 4.79 Å². The topological polar surface area (TPSA) is 75.6 Å². The van der Waals surface area contributed by atoms with Gasteiger partial charge in [-0.25, -0.2) is 4.79 Å². The van der Waals surface area contributed by atoms with Gasteiger partial charge in [0.1, 0.15) is 5.75 Å². The number of para-hydroxylation sites is 1. The molecule has 2 N–H and O–H groups in total. The van der Waals surface area contributed by atoms with Crippen LogP contribution in [0.15, 0.2) is 42.5 Å². The fourth-order valence-electron chi connectivity index (χ4n) is 1.82. The van der Waals surface area contributed by atoms with Gasteiger partial charge in [0, 0.05) is 17.2 Å². The smallest absolute Gasteiger partial charge is 0.478 e. The summed E-state index contributed by atoms with van der Waals surface area (Å²) in [5.74, 6) is -2.45. The third kappa shape index (κ3) is 4.56. The van der Waals surface area contributed by atoms with E-state index in [1.807, 2.05) is 0 Å². The van der Waals surface area contributed by atoms with Gasteiger partial charge in [-0.05, 0) is 30.3 Å². The number of aromatic carboxylic acids is 1. The number of nitrogens with one attached hydrogen (secondary N) is 1. The summed E-state index contributed by atoms with van der Waals surface area (Å²) < 4.78 is 29.6. The van der Waals surface area contributed by atoms with Crippen molar-refractivity contribution in [2.75, 3.05) is 5.32 Å². The molecule has 9 heteroatoms. The van der Waals surface area contributed by atoms with Gasteiger partial charge in [0.05, 0.1) is 16.3 Å². The molecule has 0 saturated heterocycles. The number of anilines is 1. The molecule has 0 aliphatic heterocycles. The van der Waals surface area contributed by atoms with Crippen LogP contribution in [0.3, 0.4) is 0 Å². The largest absolute Gasteiger partial charge is 0.487 e. The van der Waals surface area contributed by atoms with Crippen molar-refractivity contribution in [2.45, 2.75) is 5.57 Å². The second-order valence-corrected chi connectivity index (χ2v) is 5.35. The number of amides is 1. The molecule has 2 rings (SSSR count). The van der Waals surface area contributed by atoms with Gasteiger partial charge in [-0.1, -0.05) is 23.7 Å². The molecule has 2 aromatic carbocycles. The van der Waals surface area contributed by atoms with Crippen LogP contribution in [0.2, 0.25) is 5.02 Å². The van der Waals surface area contributed by atoms with E-state index in [0.29, 0.717) is 0 Å². The van der Waals surface area contributed by atoms with E-state index < -0.39 is 23.2 Å². The molecule has 0 saturated carbocycles. The maximum absolute atomic E-state index is 12.7. The maximum atomic E-state index is 12.7. The molecule has 0 fully saturated rings. The highest BCUT2D eigenvalue weighted by molar-refractivity contribution is 6.32. The van der Waals surface area contributed by atoms with E-state index >= 15 is 0 Å². The number of hydrogen-bond donors (Lipinski definition) is 2. The molecule has 0 aliphatic carbocycles. The molecule has 24 heavy (non-hydrogen) atoms. The lowest BCUT2D eigenvalue weighted by molar-refractivity contribution is -0.0964. The van der Waals surface area contributed by atoms with Crippen LogP contribution in [0.4, 0.5) is 14.5 Å². The van der Waals surface area contributed by atoms with E-state index in [1.54, 1.807) is 0 Å². The van der Waals surface area contributed by atoms with Crippen LogP contribution in [0, 0.1) is 0 Å². The molecule has 0 spiro atoms. The molecule has 0 aromatic heterocycles. The lowest BCUT2D eigenvalue weighted by atomic mass is 10.1.